The van der Waals surface area contributed by atoms with E-state index < -0.39 is 58.6 Å². The number of nitrogen functional groups attached to an aromatic ring is 1. The maximum atomic E-state index is 13.3. The standard InChI is InChI=1S/C23H27N11O9S2/c24-5-6-28-19(25)12-1-3-13(4-2-12)42-8-16(22(37)38)43-32-17(14-9-44-23(26)30-14)20(35)31-18-15(7-33-11-27-10-29-33)34(21(18)36)45(39,40)41/h1-4,9-11,15-16,18H,5-8,24H2,(H2,25,28)(H2,26,30)(H,31,35)(H,37,38)(H,39,40,41). The number of carbonyl (C=O) groups excluding carboxylic acids is 2. The van der Waals surface area contributed by atoms with Gasteiger partial charge in [-0.3, -0.25) is 23.8 Å². The molecular formula is C23H27N11O9S2. The van der Waals surface area contributed by atoms with Gasteiger partial charge in [-0.1, -0.05) is 5.16 Å². The van der Waals surface area contributed by atoms with Crippen molar-refractivity contribution < 1.29 is 42.0 Å². The van der Waals surface area contributed by atoms with E-state index in [2.05, 4.69) is 30.5 Å². The highest BCUT2D eigenvalue weighted by atomic mass is 32.2. The van der Waals surface area contributed by atoms with Crippen molar-refractivity contribution in [3.05, 3.63) is 53.6 Å². The number of thiazole rings is 1. The largest absolute Gasteiger partial charge is 0.489 e. The summed E-state index contributed by atoms with van der Waals surface area (Å²) in [6, 6.07) is 3.50. The molecule has 1 aliphatic rings. The van der Waals surface area contributed by atoms with Crippen molar-refractivity contribution in [1.29, 1.82) is 0 Å². The number of nitrogens with zero attached hydrogens (tertiary/aromatic N) is 7. The van der Waals surface area contributed by atoms with Gasteiger partial charge in [-0.15, -0.1) is 11.3 Å². The SMILES string of the molecule is NCCN=C(N)c1ccc(OCC(ON=C(C(=O)NC2C(=O)N(S(=O)(=O)O)C2Cn2cncn2)c2csc(N)n2)C(=O)O)cc1. The van der Waals surface area contributed by atoms with Gasteiger partial charge in [0.25, 0.3) is 17.9 Å². The molecule has 3 unspecified atom stereocenters. The Kier molecular flexibility index (Phi) is 10.2. The maximum Gasteiger partial charge on any atom is 0.362 e. The molecule has 22 heteroatoms. The van der Waals surface area contributed by atoms with E-state index in [1.165, 1.54) is 28.5 Å². The summed E-state index contributed by atoms with van der Waals surface area (Å²) >= 11 is 0.931. The second kappa shape index (κ2) is 14.1. The lowest BCUT2D eigenvalue weighted by Crippen LogP contribution is -2.73. The topological polar surface area (TPSA) is 306 Å². The third-order valence-corrected chi connectivity index (χ3v) is 7.66. The van der Waals surface area contributed by atoms with Crippen LogP contribution in [0.15, 0.2) is 52.4 Å². The van der Waals surface area contributed by atoms with Crippen LogP contribution in [-0.2, 0) is 36.1 Å². The van der Waals surface area contributed by atoms with Crippen molar-refractivity contribution in [2.45, 2.75) is 24.7 Å². The summed E-state index contributed by atoms with van der Waals surface area (Å²) in [5.74, 6) is -3.20. The molecule has 3 heterocycles. The minimum atomic E-state index is -4.98. The molecule has 9 N–H and O–H groups in total. The van der Waals surface area contributed by atoms with Crippen molar-refractivity contribution >= 4 is 56.1 Å². The van der Waals surface area contributed by atoms with Gasteiger partial charge in [0.05, 0.1) is 19.1 Å². The molecule has 1 fully saturated rings. The predicted octanol–water partition coefficient (Wildman–Crippen LogP) is -2.57. The molecule has 0 spiro atoms. The first-order valence-electron chi connectivity index (χ1n) is 12.7. The number of amides is 2. The van der Waals surface area contributed by atoms with Gasteiger partial charge in [-0.05, 0) is 24.3 Å². The zero-order valence-corrected chi connectivity index (χ0v) is 24.7. The summed E-state index contributed by atoms with van der Waals surface area (Å²) in [5.41, 5.74) is 16.9. The van der Waals surface area contributed by atoms with Gasteiger partial charge in [-0.2, -0.15) is 13.5 Å². The zero-order chi connectivity index (χ0) is 32.7. The summed E-state index contributed by atoms with van der Waals surface area (Å²) in [4.78, 5) is 54.8. The predicted molar refractivity (Wildman–Crippen MR) is 156 cm³/mol. The molecule has 1 saturated heterocycles. The van der Waals surface area contributed by atoms with E-state index in [-0.39, 0.29) is 33.3 Å². The number of amidine groups is 1. The van der Waals surface area contributed by atoms with Gasteiger partial charge in [0.1, 0.15) is 42.6 Å². The minimum absolute atomic E-state index is 0.0297. The van der Waals surface area contributed by atoms with E-state index in [0.29, 0.717) is 18.7 Å². The van der Waals surface area contributed by atoms with Gasteiger partial charge in [-0.25, -0.2) is 19.1 Å². The molecule has 1 aliphatic heterocycles. The van der Waals surface area contributed by atoms with Gasteiger partial charge in [0.2, 0.25) is 0 Å². The van der Waals surface area contributed by atoms with Crippen molar-refractivity contribution in [2.24, 2.45) is 21.6 Å². The molecule has 20 nitrogen and oxygen atoms in total. The highest BCUT2D eigenvalue weighted by Crippen LogP contribution is 2.25. The minimum Gasteiger partial charge on any atom is -0.489 e. The molecule has 3 aromatic rings. The first-order valence-corrected chi connectivity index (χ1v) is 15.0. The van der Waals surface area contributed by atoms with E-state index in [1.54, 1.807) is 12.1 Å². The highest BCUT2D eigenvalue weighted by Gasteiger charge is 2.54. The molecule has 0 bridgehead atoms. The normalized spacial score (nSPS) is 17.8. The number of carboxylic acid groups (broad SMARTS) is 1. The van der Waals surface area contributed by atoms with Crippen LogP contribution in [0.2, 0.25) is 0 Å². The highest BCUT2D eigenvalue weighted by molar-refractivity contribution is 7.84. The van der Waals surface area contributed by atoms with Gasteiger partial charge >= 0.3 is 16.3 Å². The lowest BCUT2D eigenvalue weighted by molar-refractivity contribution is -0.152. The molecule has 0 aliphatic carbocycles. The Labute approximate surface area is 258 Å². The zero-order valence-electron chi connectivity index (χ0n) is 23.0. The number of carbonyl (C=O) groups is 3. The molecule has 4 rings (SSSR count). The van der Waals surface area contributed by atoms with Crippen molar-refractivity contribution in [2.75, 3.05) is 25.4 Å². The van der Waals surface area contributed by atoms with E-state index in [0.717, 1.165) is 17.7 Å². The first-order chi connectivity index (χ1) is 21.4. The smallest absolute Gasteiger partial charge is 0.362 e. The fourth-order valence-electron chi connectivity index (χ4n) is 3.90. The van der Waals surface area contributed by atoms with Crippen LogP contribution >= 0.6 is 11.3 Å². The molecule has 2 amide bonds. The number of anilines is 1. The maximum absolute atomic E-state index is 13.3. The summed E-state index contributed by atoms with van der Waals surface area (Å²) in [5, 5.41) is 20.9. The molecule has 0 radical (unpaired) electrons. The Bertz CT molecular complexity index is 1690. The molecule has 1 aromatic carbocycles. The van der Waals surface area contributed by atoms with Crippen molar-refractivity contribution in [1.82, 2.24) is 29.4 Å². The number of hydrogen-bond acceptors (Lipinski definition) is 15. The molecule has 240 valence electrons. The Morgan fingerprint density at radius 3 is 2.56 bits per heavy atom. The summed E-state index contributed by atoms with van der Waals surface area (Å²) in [7, 11) is -4.98. The number of aliphatic imine (C=N–C) groups is 1. The third kappa shape index (κ3) is 8.05. The number of nitrogens with one attached hydrogen (secondary N) is 1. The number of oxime groups is 1. The van der Waals surface area contributed by atoms with E-state index in [4.69, 9.17) is 26.8 Å². The lowest BCUT2D eigenvalue weighted by atomic mass is 9.98. The van der Waals surface area contributed by atoms with Gasteiger partial charge < -0.3 is 37.2 Å². The number of aromatic nitrogens is 4. The molecular weight excluding hydrogens is 638 g/mol. The number of carboxylic acids is 1. The van der Waals surface area contributed by atoms with Crippen molar-refractivity contribution in [3.63, 3.8) is 0 Å². The van der Waals surface area contributed by atoms with Crippen LogP contribution in [0.25, 0.3) is 0 Å². The summed E-state index contributed by atoms with van der Waals surface area (Å²) in [6.07, 6.45) is 0.673. The number of hydrogen-bond donors (Lipinski definition) is 6. The van der Waals surface area contributed by atoms with Crippen LogP contribution in [0, 0.1) is 0 Å². The van der Waals surface area contributed by atoms with E-state index >= 15 is 0 Å². The number of nitrogens with two attached hydrogens (primary N) is 3. The Morgan fingerprint density at radius 1 is 1.24 bits per heavy atom. The number of β-lactam (4-membered cyclic amide) rings is 1. The molecule has 3 atom stereocenters. The van der Waals surface area contributed by atoms with Crippen LogP contribution in [0.1, 0.15) is 11.3 Å². The van der Waals surface area contributed by atoms with E-state index in [9.17, 15) is 32.5 Å². The fraction of sp³-hybridized carbons (Fsp3) is 0.304. The molecule has 0 saturated carbocycles. The average Bonchev–Trinajstić information content (AvgIpc) is 3.67. The summed E-state index contributed by atoms with van der Waals surface area (Å²) < 4.78 is 40.0. The van der Waals surface area contributed by atoms with Crippen molar-refractivity contribution in [3.8, 4) is 5.75 Å². The molecule has 45 heavy (non-hydrogen) atoms. The van der Waals surface area contributed by atoms with E-state index in [1.807, 2.05) is 0 Å². The third-order valence-electron chi connectivity index (χ3n) is 6.03. The second-order valence-electron chi connectivity index (χ2n) is 9.08. The lowest BCUT2D eigenvalue weighted by Gasteiger charge is -2.43. The fourth-order valence-corrected chi connectivity index (χ4v) is 5.32. The first kappa shape index (κ1) is 32.7. The number of benzene rings is 1. The number of ether oxygens (including phenoxy) is 1. The van der Waals surface area contributed by atoms with Crippen LogP contribution in [0.4, 0.5) is 5.13 Å². The Hall–Kier alpha value is -5.19. The van der Waals surface area contributed by atoms with Gasteiger partial charge in [0, 0.05) is 17.5 Å². The van der Waals surface area contributed by atoms with Crippen LogP contribution < -0.4 is 27.3 Å². The number of rotatable bonds is 15. The summed E-state index contributed by atoms with van der Waals surface area (Å²) in [6.45, 7) is -0.140. The quantitative estimate of drug-likeness (QED) is 0.0320. The van der Waals surface area contributed by atoms with Crippen LogP contribution in [0.3, 0.4) is 0 Å². The Balaban J connectivity index is 1.49. The van der Waals surface area contributed by atoms with Gasteiger partial charge in [0.15, 0.2) is 10.8 Å². The Morgan fingerprint density at radius 2 is 1.98 bits per heavy atom. The van der Waals surface area contributed by atoms with Crippen LogP contribution in [-0.4, -0.2) is 109 Å². The average molecular weight is 666 g/mol. The van der Waals surface area contributed by atoms with Crippen LogP contribution in [0.5, 0.6) is 5.75 Å². The number of aliphatic carboxylic acids is 1. The monoisotopic (exact) mass is 665 g/mol. The molecule has 2 aromatic heterocycles. The second-order valence-corrected chi connectivity index (χ2v) is 11.3.